The number of nitrogens with zero attached hydrogens (tertiary/aromatic N) is 2. The molecule has 5 nitrogen and oxygen atoms in total. The Morgan fingerprint density at radius 1 is 1.08 bits per heavy atom. The standard InChI is InChI=1S/C20H19N3O2/c24-20-19(16-9-5-2-6-10-16)23(12-11-21-20)14-17-13-18(25-22-17)15-7-3-1-4-8-15/h1-10,13,19H,11-12,14H2,(H,21,24). The number of carbonyl (C=O) groups excluding carboxylic acids is 1. The zero-order valence-corrected chi connectivity index (χ0v) is 13.8. The number of aromatic nitrogens is 1. The monoisotopic (exact) mass is 333 g/mol. The number of amides is 1. The van der Waals surface area contributed by atoms with E-state index in [-0.39, 0.29) is 11.9 Å². The summed E-state index contributed by atoms with van der Waals surface area (Å²) in [6.45, 7) is 1.99. The van der Waals surface area contributed by atoms with Crippen LogP contribution in [0.2, 0.25) is 0 Å². The Kier molecular flexibility index (Phi) is 4.31. The van der Waals surface area contributed by atoms with Gasteiger partial charge in [0.15, 0.2) is 5.76 Å². The molecular weight excluding hydrogens is 314 g/mol. The maximum atomic E-state index is 12.4. The van der Waals surface area contributed by atoms with Gasteiger partial charge in [-0.3, -0.25) is 9.69 Å². The summed E-state index contributed by atoms with van der Waals surface area (Å²) in [6, 6.07) is 21.4. The third-order valence-electron chi connectivity index (χ3n) is 4.41. The highest BCUT2D eigenvalue weighted by molar-refractivity contribution is 5.83. The van der Waals surface area contributed by atoms with Crippen LogP contribution in [0.15, 0.2) is 71.3 Å². The first kappa shape index (κ1) is 15.6. The van der Waals surface area contributed by atoms with Crippen molar-refractivity contribution in [2.75, 3.05) is 13.1 Å². The van der Waals surface area contributed by atoms with Crippen LogP contribution in [0, 0.1) is 0 Å². The second-order valence-corrected chi connectivity index (χ2v) is 6.12. The Morgan fingerprint density at radius 3 is 2.56 bits per heavy atom. The number of hydrogen-bond acceptors (Lipinski definition) is 4. The minimum atomic E-state index is -0.299. The van der Waals surface area contributed by atoms with Gasteiger partial charge in [-0.2, -0.15) is 0 Å². The highest BCUT2D eigenvalue weighted by atomic mass is 16.5. The fourth-order valence-electron chi connectivity index (χ4n) is 3.22. The topological polar surface area (TPSA) is 58.4 Å². The molecule has 1 unspecified atom stereocenters. The van der Waals surface area contributed by atoms with Crippen LogP contribution in [-0.4, -0.2) is 29.1 Å². The first-order valence-electron chi connectivity index (χ1n) is 8.39. The van der Waals surface area contributed by atoms with Crippen LogP contribution in [-0.2, 0) is 11.3 Å². The van der Waals surface area contributed by atoms with E-state index in [1.54, 1.807) is 0 Å². The van der Waals surface area contributed by atoms with E-state index >= 15 is 0 Å². The summed E-state index contributed by atoms with van der Waals surface area (Å²) in [7, 11) is 0. The van der Waals surface area contributed by atoms with Crippen molar-refractivity contribution >= 4 is 5.91 Å². The Hall–Kier alpha value is -2.92. The molecule has 0 spiro atoms. The Bertz CT molecular complexity index is 846. The zero-order valence-electron chi connectivity index (χ0n) is 13.8. The predicted octanol–water partition coefficient (Wildman–Crippen LogP) is 3.01. The average molecular weight is 333 g/mol. The first-order valence-corrected chi connectivity index (χ1v) is 8.39. The van der Waals surface area contributed by atoms with Gasteiger partial charge in [0, 0.05) is 31.3 Å². The van der Waals surface area contributed by atoms with E-state index in [1.807, 2.05) is 66.7 Å². The first-order chi connectivity index (χ1) is 12.3. The molecular formula is C20H19N3O2. The number of rotatable bonds is 4. The average Bonchev–Trinajstić information content (AvgIpc) is 3.12. The van der Waals surface area contributed by atoms with E-state index in [4.69, 9.17) is 4.52 Å². The van der Waals surface area contributed by atoms with E-state index < -0.39 is 0 Å². The van der Waals surface area contributed by atoms with Crippen LogP contribution in [0.25, 0.3) is 11.3 Å². The summed E-state index contributed by atoms with van der Waals surface area (Å²) in [4.78, 5) is 14.6. The van der Waals surface area contributed by atoms with E-state index in [1.165, 1.54) is 0 Å². The molecule has 1 fully saturated rings. The number of benzene rings is 2. The number of carbonyl (C=O) groups is 1. The molecule has 0 radical (unpaired) electrons. The molecule has 2 aromatic carbocycles. The fraction of sp³-hybridized carbons (Fsp3) is 0.200. The smallest absolute Gasteiger partial charge is 0.242 e. The molecule has 1 aliphatic heterocycles. The molecule has 1 aromatic heterocycles. The van der Waals surface area contributed by atoms with Gasteiger partial charge < -0.3 is 9.84 Å². The van der Waals surface area contributed by atoms with Gasteiger partial charge in [-0.1, -0.05) is 65.8 Å². The lowest BCUT2D eigenvalue weighted by Gasteiger charge is -2.34. The molecule has 3 aromatic rings. The maximum Gasteiger partial charge on any atom is 0.242 e. The van der Waals surface area contributed by atoms with Crippen molar-refractivity contribution in [2.24, 2.45) is 0 Å². The summed E-state index contributed by atoms with van der Waals surface area (Å²) in [5.41, 5.74) is 2.82. The van der Waals surface area contributed by atoms with Crippen LogP contribution in [0.5, 0.6) is 0 Å². The molecule has 0 aliphatic carbocycles. The molecule has 2 heterocycles. The molecule has 1 atom stereocenters. The Balaban J connectivity index is 1.56. The molecule has 5 heteroatoms. The largest absolute Gasteiger partial charge is 0.356 e. The van der Waals surface area contributed by atoms with Gasteiger partial charge in [0.1, 0.15) is 6.04 Å². The highest BCUT2D eigenvalue weighted by Crippen LogP contribution is 2.26. The van der Waals surface area contributed by atoms with Gasteiger partial charge in [-0.25, -0.2) is 0 Å². The third-order valence-corrected chi connectivity index (χ3v) is 4.41. The Morgan fingerprint density at radius 2 is 1.80 bits per heavy atom. The summed E-state index contributed by atoms with van der Waals surface area (Å²) in [5.74, 6) is 0.776. The van der Waals surface area contributed by atoms with Crippen molar-refractivity contribution in [3.63, 3.8) is 0 Å². The number of nitrogens with one attached hydrogen (secondary N) is 1. The molecule has 1 saturated heterocycles. The van der Waals surface area contributed by atoms with Crippen LogP contribution >= 0.6 is 0 Å². The second kappa shape index (κ2) is 6.91. The lowest BCUT2D eigenvalue weighted by atomic mass is 10.0. The number of hydrogen-bond donors (Lipinski definition) is 1. The van der Waals surface area contributed by atoms with E-state index in [0.29, 0.717) is 13.1 Å². The normalized spacial score (nSPS) is 18.1. The van der Waals surface area contributed by atoms with E-state index in [0.717, 1.165) is 29.1 Å². The minimum absolute atomic E-state index is 0.0317. The summed E-state index contributed by atoms with van der Waals surface area (Å²) in [6.07, 6.45) is 0. The fourth-order valence-corrected chi connectivity index (χ4v) is 3.22. The predicted molar refractivity (Wildman–Crippen MR) is 94.5 cm³/mol. The second-order valence-electron chi connectivity index (χ2n) is 6.12. The summed E-state index contributed by atoms with van der Waals surface area (Å²) >= 11 is 0. The van der Waals surface area contributed by atoms with Gasteiger partial charge in [-0.05, 0) is 5.56 Å². The van der Waals surface area contributed by atoms with Crippen LogP contribution in [0.3, 0.4) is 0 Å². The molecule has 1 N–H and O–H groups in total. The number of piperazine rings is 1. The molecule has 126 valence electrons. The SMILES string of the molecule is O=C1NCCN(Cc2cc(-c3ccccc3)on2)C1c1ccccc1. The molecule has 0 bridgehead atoms. The van der Waals surface area contributed by atoms with Gasteiger partial charge in [0.05, 0.1) is 5.69 Å². The van der Waals surface area contributed by atoms with Crippen LogP contribution in [0.1, 0.15) is 17.3 Å². The molecule has 0 saturated carbocycles. The molecule has 1 aliphatic rings. The van der Waals surface area contributed by atoms with Crippen LogP contribution < -0.4 is 5.32 Å². The van der Waals surface area contributed by atoms with Crippen molar-refractivity contribution in [2.45, 2.75) is 12.6 Å². The van der Waals surface area contributed by atoms with E-state index in [2.05, 4.69) is 15.4 Å². The molecule has 1 amide bonds. The quantitative estimate of drug-likeness (QED) is 0.797. The van der Waals surface area contributed by atoms with Gasteiger partial charge in [-0.15, -0.1) is 0 Å². The van der Waals surface area contributed by atoms with Crippen molar-refractivity contribution in [3.8, 4) is 11.3 Å². The van der Waals surface area contributed by atoms with Crippen molar-refractivity contribution in [3.05, 3.63) is 78.0 Å². The van der Waals surface area contributed by atoms with Crippen LogP contribution in [0.4, 0.5) is 0 Å². The van der Waals surface area contributed by atoms with Gasteiger partial charge in [0.25, 0.3) is 0 Å². The van der Waals surface area contributed by atoms with Crippen molar-refractivity contribution in [1.29, 1.82) is 0 Å². The minimum Gasteiger partial charge on any atom is -0.356 e. The summed E-state index contributed by atoms with van der Waals surface area (Å²) < 4.78 is 5.48. The molecule has 4 rings (SSSR count). The highest BCUT2D eigenvalue weighted by Gasteiger charge is 2.31. The maximum absolute atomic E-state index is 12.4. The van der Waals surface area contributed by atoms with Crippen molar-refractivity contribution < 1.29 is 9.32 Å². The summed E-state index contributed by atoms with van der Waals surface area (Å²) in [5, 5.41) is 7.14. The van der Waals surface area contributed by atoms with E-state index in [9.17, 15) is 4.79 Å². The molecule has 25 heavy (non-hydrogen) atoms. The van der Waals surface area contributed by atoms with Gasteiger partial charge >= 0.3 is 0 Å². The Labute approximate surface area is 146 Å². The lowest BCUT2D eigenvalue weighted by molar-refractivity contribution is -0.129. The van der Waals surface area contributed by atoms with Crippen molar-refractivity contribution in [1.82, 2.24) is 15.4 Å². The lowest BCUT2D eigenvalue weighted by Crippen LogP contribution is -2.49. The zero-order chi connectivity index (χ0) is 17.1. The third kappa shape index (κ3) is 3.32. The van der Waals surface area contributed by atoms with Gasteiger partial charge in [0.2, 0.25) is 5.91 Å².